The van der Waals surface area contributed by atoms with Crippen molar-refractivity contribution in [3.8, 4) is 0 Å². The third-order valence-corrected chi connectivity index (χ3v) is 2.63. The number of rotatable bonds is 0. The van der Waals surface area contributed by atoms with Crippen LogP contribution in [-0.2, 0) is 9.59 Å². The van der Waals surface area contributed by atoms with Crippen LogP contribution in [0.1, 0.15) is 25.7 Å². The summed E-state index contributed by atoms with van der Waals surface area (Å²) in [7, 11) is 0. The van der Waals surface area contributed by atoms with E-state index in [9.17, 15) is 9.59 Å². The highest BCUT2D eigenvalue weighted by Crippen LogP contribution is 2.29. The predicted molar refractivity (Wildman–Crippen MR) is 38.9 cm³/mol. The van der Waals surface area contributed by atoms with Gasteiger partial charge in [0.25, 0.3) is 0 Å². The van der Waals surface area contributed by atoms with Crippen LogP contribution in [0.3, 0.4) is 0 Å². The first-order chi connectivity index (χ1) is 5.27. The van der Waals surface area contributed by atoms with E-state index in [-0.39, 0.29) is 17.9 Å². The number of hydrogen-bond donors (Lipinski definition) is 1. The fourth-order valence-corrected chi connectivity index (χ4v) is 2.01. The fraction of sp³-hybridized carbons (Fsp3) is 0.750. The Morgan fingerprint density at radius 2 is 2.00 bits per heavy atom. The molecule has 1 saturated carbocycles. The first-order valence-corrected chi connectivity index (χ1v) is 4.09. The van der Waals surface area contributed by atoms with Crippen molar-refractivity contribution in [3.05, 3.63) is 0 Å². The molecular weight excluding hydrogens is 142 g/mol. The quantitative estimate of drug-likeness (QED) is 0.542. The van der Waals surface area contributed by atoms with Gasteiger partial charge in [0, 0.05) is 24.8 Å². The van der Waals surface area contributed by atoms with Crippen LogP contribution in [-0.4, -0.2) is 17.7 Å². The second-order valence-electron chi connectivity index (χ2n) is 3.32. The monoisotopic (exact) mass is 153 g/mol. The third kappa shape index (κ3) is 1.04. The van der Waals surface area contributed by atoms with Gasteiger partial charge in [-0.2, -0.15) is 0 Å². The van der Waals surface area contributed by atoms with Crippen molar-refractivity contribution in [3.63, 3.8) is 0 Å². The number of nitrogens with one attached hydrogen (secondary N) is 1. The van der Waals surface area contributed by atoms with E-state index in [1.807, 2.05) is 0 Å². The molecule has 60 valence electrons. The molecule has 1 saturated heterocycles. The van der Waals surface area contributed by atoms with Gasteiger partial charge in [-0.15, -0.1) is 0 Å². The molecule has 0 radical (unpaired) electrons. The van der Waals surface area contributed by atoms with Crippen molar-refractivity contribution < 1.29 is 9.59 Å². The van der Waals surface area contributed by atoms with E-state index in [1.165, 1.54) is 0 Å². The van der Waals surface area contributed by atoms with Crippen LogP contribution in [0.2, 0.25) is 0 Å². The maximum atomic E-state index is 11.2. The Kier molecular flexibility index (Phi) is 1.44. The van der Waals surface area contributed by atoms with Crippen molar-refractivity contribution in [1.82, 2.24) is 5.32 Å². The Balaban J connectivity index is 2.11. The molecule has 2 aliphatic rings. The van der Waals surface area contributed by atoms with Gasteiger partial charge in [-0.25, -0.2) is 0 Å². The van der Waals surface area contributed by atoms with Crippen LogP contribution >= 0.6 is 0 Å². The van der Waals surface area contributed by atoms with Crippen LogP contribution < -0.4 is 5.32 Å². The molecule has 1 aliphatic heterocycles. The number of carbonyl (C=O) groups is 2. The van der Waals surface area contributed by atoms with Gasteiger partial charge < -0.3 is 5.32 Å². The molecule has 3 nitrogen and oxygen atoms in total. The van der Waals surface area contributed by atoms with E-state index in [1.54, 1.807) is 0 Å². The van der Waals surface area contributed by atoms with E-state index in [0.717, 1.165) is 12.8 Å². The van der Waals surface area contributed by atoms with E-state index in [0.29, 0.717) is 18.6 Å². The first-order valence-electron chi connectivity index (χ1n) is 4.09. The van der Waals surface area contributed by atoms with Crippen LogP contribution in [0.5, 0.6) is 0 Å². The van der Waals surface area contributed by atoms with Gasteiger partial charge in [-0.05, 0) is 12.8 Å². The van der Waals surface area contributed by atoms with Crippen LogP contribution in [0.4, 0.5) is 0 Å². The summed E-state index contributed by atoms with van der Waals surface area (Å²) in [5.41, 5.74) is 0. The summed E-state index contributed by atoms with van der Waals surface area (Å²) < 4.78 is 0. The third-order valence-electron chi connectivity index (χ3n) is 2.63. The van der Waals surface area contributed by atoms with Crippen LogP contribution in [0.15, 0.2) is 0 Å². The summed E-state index contributed by atoms with van der Waals surface area (Å²) in [6.07, 6.45) is 2.83. The zero-order valence-electron chi connectivity index (χ0n) is 6.30. The Hall–Kier alpha value is -0.860. The van der Waals surface area contributed by atoms with Gasteiger partial charge in [0.05, 0.1) is 0 Å². The molecule has 11 heavy (non-hydrogen) atoms. The van der Waals surface area contributed by atoms with Crippen molar-refractivity contribution in [1.29, 1.82) is 0 Å². The fourth-order valence-electron chi connectivity index (χ4n) is 2.01. The highest BCUT2D eigenvalue weighted by atomic mass is 16.2. The van der Waals surface area contributed by atoms with Crippen molar-refractivity contribution >= 4 is 11.7 Å². The van der Waals surface area contributed by atoms with Crippen molar-refractivity contribution in [2.24, 2.45) is 5.92 Å². The first kappa shape index (κ1) is 6.83. The number of Topliss-reactive ketones (excluding diaryl/α,β-unsaturated/α-hetero) is 1. The van der Waals surface area contributed by atoms with Gasteiger partial charge in [0.15, 0.2) is 0 Å². The highest BCUT2D eigenvalue weighted by molar-refractivity contribution is 5.88. The second-order valence-corrected chi connectivity index (χ2v) is 3.32. The normalized spacial score (nSPS) is 36.7. The molecule has 2 atom stereocenters. The Bertz CT molecular complexity index is 212. The standard InChI is InChI=1S/C8H11NO2/c10-7-3-2-6-5(7)1-4-8(11)9-6/h5-6H,1-4H2,(H,9,11)/t5-,6-/m1/s1. The molecule has 0 aromatic heterocycles. The molecule has 1 amide bonds. The van der Waals surface area contributed by atoms with E-state index in [4.69, 9.17) is 0 Å². The lowest BCUT2D eigenvalue weighted by Crippen LogP contribution is -2.43. The number of amides is 1. The number of piperidine rings is 1. The lowest BCUT2D eigenvalue weighted by Gasteiger charge is -2.24. The molecule has 0 spiro atoms. The molecule has 1 aliphatic carbocycles. The molecule has 0 aromatic rings. The maximum Gasteiger partial charge on any atom is 0.220 e. The lowest BCUT2D eigenvalue weighted by atomic mass is 9.93. The molecule has 1 heterocycles. The largest absolute Gasteiger partial charge is 0.353 e. The molecule has 0 bridgehead atoms. The zero-order valence-corrected chi connectivity index (χ0v) is 6.30. The zero-order chi connectivity index (χ0) is 7.84. The van der Waals surface area contributed by atoms with Gasteiger partial charge in [-0.3, -0.25) is 9.59 Å². The molecule has 0 unspecified atom stereocenters. The summed E-state index contributed by atoms with van der Waals surface area (Å²) in [4.78, 5) is 22.1. The molecule has 0 aromatic carbocycles. The Morgan fingerprint density at radius 1 is 1.18 bits per heavy atom. The van der Waals surface area contributed by atoms with Gasteiger partial charge >= 0.3 is 0 Å². The minimum atomic E-state index is 0.112. The lowest BCUT2D eigenvalue weighted by molar-refractivity contribution is -0.126. The van der Waals surface area contributed by atoms with Gasteiger partial charge in [-0.1, -0.05) is 0 Å². The number of carbonyl (C=O) groups excluding carboxylic acids is 2. The summed E-state index contributed by atoms with van der Waals surface area (Å²) >= 11 is 0. The SMILES string of the molecule is O=C1CC[C@H]2C(=O)CC[C@H]2N1. The van der Waals surface area contributed by atoms with Crippen LogP contribution in [0, 0.1) is 5.92 Å². The highest BCUT2D eigenvalue weighted by Gasteiger charge is 2.38. The summed E-state index contributed by atoms with van der Waals surface area (Å²) in [6, 6.07) is 0.170. The van der Waals surface area contributed by atoms with Gasteiger partial charge in [0.2, 0.25) is 5.91 Å². The second kappa shape index (κ2) is 2.32. The smallest absolute Gasteiger partial charge is 0.220 e. The number of ketones is 1. The average molecular weight is 153 g/mol. The minimum Gasteiger partial charge on any atom is -0.353 e. The molecule has 2 rings (SSSR count). The van der Waals surface area contributed by atoms with Crippen molar-refractivity contribution in [2.45, 2.75) is 31.7 Å². The molecule has 3 heteroatoms. The van der Waals surface area contributed by atoms with E-state index in [2.05, 4.69) is 5.32 Å². The average Bonchev–Trinajstić information content (AvgIpc) is 2.32. The van der Waals surface area contributed by atoms with Gasteiger partial charge in [0.1, 0.15) is 5.78 Å². The summed E-state index contributed by atoms with van der Waals surface area (Å²) in [6.45, 7) is 0. The topological polar surface area (TPSA) is 46.2 Å². The summed E-state index contributed by atoms with van der Waals surface area (Å²) in [5, 5.41) is 2.85. The Labute approximate surface area is 65.2 Å². The van der Waals surface area contributed by atoms with E-state index >= 15 is 0 Å². The molecule has 2 fully saturated rings. The number of fused-ring (bicyclic) bond motifs is 1. The Morgan fingerprint density at radius 3 is 2.82 bits per heavy atom. The maximum absolute atomic E-state index is 11.2. The summed E-state index contributed by atoms with van der Waals surface area (Å²) in [5.74, 6) is 0.601. The molecular formula is C8H11NO2. The van der Waals surface area contributed by atoms with Crippen molar-refractivity contribution in [2.75, 3.05) is 0 Å². The van der Waals surface area contributed by atoms with E-state index < -0.39 is 0 Å². The molecule has 1 N–H and O–H groups in total. The van der Waals surface area contributed by atoms with Crippen LogP contribution in [0.25, 0.3) is 0 Å². The minimum absolute atomic E-state index is 0.112. The predicted octanol–water partition coefficient (Wildman–Crippen LogP) is 0.244. The number of hydrogen-bond acceptors (Lipinski definition) is 2.